The lowest BCUT2D eigenvalue weighted by Gasteiger charge is -2.72. The summed E-state index contributed by atoms with van der Waals surface area (Å²) in [5.41, 5.74) is -2.07. The monoisotopic (exact) mass is 684 g/mol. The van der Waals surface area contributed by atoms with E-state index in [2.05, 4.69) is 59.3 Å². The normalized spacial score (nSPS) is 51.5. The zero-order valence-electron chi connectivity index (χ0n) is 22.0. The summed E-state index contributed by atoms with van der Waals surface area (Å²) in [5, 5.41) is 12.0. The van der Waals surface area contributed by atoms with Crippen LogP contribution >= 0.6 is 38.5 Å². The number of halogens is 2. The van der Waals surface area contributed by atoms with Crippen LogP contribution in [0.15, 0.2) is 0 Å². The Bertz CT molecular complexity index is 932. The van der Waals surface area contributed by atoms with Crippen molar-refractivity contribution in [2.45, 2.75) is 102 Å². The van der Waals surface area contributed by atoms with Crippen LogP contribution in [0, 0.1) is 35.0 Å². The average molecular weight is 685 g/mol. The van der Waals surface area contributed by atoms with Crippen LogP contribution < -0.4 is 0 Å². The van der Waals surface area contributed by atoms with Crippen molar-refractivity contribution in [2.24, 2.45) is 35.0 Å². The first-order chi connectivity index (χ1) is 16.6. The largest absolute Gasteiger partial charge is 0.462 e. The Morgan fingerprint density at radius 1 is 0.972 bits per heavy atom. The Morgan fingerprint density at radius 3 is 2.06 bits per heavy atom. The highest BCUT2D eigenvalue weighted by Gasteiger charge is 2.76. The van der Waals surface area contributed by atoms with E-state index in [4.69, 9.17) is 18.9 Å². The van der Waals surface area contributed by atoms with Crippen molar-refractivity contribution in [3.8, 4) is 0 Å². The van der Waals surface area contributed by atoms with Crippen molar-refractivity contribution in [1.82, 2.24) is 0 Å². The second kappa shape index (κ2) is 9.62. The summed E-state index contributed by atoms with van der Waals surface area (Å²) in [6.45, 7) is 12.4. The summed E-state index contributed by atoms with van der Waals surface area (Å²) in [6.07, 6.45) is -1.47. The van der Waals surface area contributed by atoms with Gasteiger partial charge in [0.2, 0.25) is 0 Å². The van der Waals surface area contributed by atoms with Gasteiger partial charge in [0.05, 0.1) is 17.3 Å². The molecule has 1 N–H and O–H groups in total. The SMILES string of the molecule is CC(=O)OC1C[C@@]2(C)OC(C)(CI)[C@@H]1C1C3[C@H](C)[C@H](OC(C)=O)CC(Br)C3(C)C(OC(C)=O)[C@H](O)C12. The molecule has 2 saturated heterocycles. The lowest BCUT2D eigenvalue weighted by atomic mass is 9.40. The maximum atomic E-state index is 12.3. The Hall–Kier alpha value is -0.460. The van der Waals surface area contributed by atoms with Crippen LogP contribution in [0.2, 0.25) is 0 Å². The molecule has 0 radical (unpaired) electrons. The van der Waals surface area contributed by atoms with Gasteiger partial charge in [0.1, 0.15) is 18.3 Å². The van der Waals surface area contributed by atoms with Gasteiger partial charge in [-0.25, -0.2) is 0 Å². The van der Waals surface area contributed by atoms with Gasteiger partial charge in [-0.1, -0.05) is 52.4 Å². The number of carbonyl (C=O) groups is 3. The third-order valence-corrected chi connectivity index (χ3v) is 12.5. The summed E-state index contributed by atoms with van der Waals surface area (Å²) < 4.78 is 25.1. The minimum Gasteiger partial charge on any atom is -0.462 e. The van der Waals surface area contributed by atoms with E-state index in [0.29, 0.717) is 17.3 Å². The van der Waals surface area contributed by atoms with Gasteiger partial charge in [-0.3, -0.25) is 14.4 Å². The number of ether oxygens (including phenoxy) is 4. The van der Waals surface area contributed by atoms with Crippen LogP contribution in [0.3, 0.4) is 0 Å². The first kappa shape index (κ1) is 28.5. The highest BCUT2D eigenvalue weighted by Crippen LogP contribution is 2.69. The molecule has 5 fully saturated rings. The van der Waals surface area contributed by atoms with Crippen LogP contribution in [0.25, 0.3) is 0 Å². The Kier molecular flexibility index (Phi) is 7.63. The molecule has 0 spiro atoms. The Morgan fingerprint density at radius 2 is 1.53 bits per heavy atom. The van der Waals surface area contributed by atoms with Crippen LogP contribution in [-0.2, 0) is 33.3 Å². The highest BCUT2D eigenvalue weighted by atomic mass is 127. The van der Waals surface area contributed by atoms with Crippen LogP contribution in [-0.4, -0.2) is 67.9 Å². The van der Waals surface area contributed by atoms with Crippen molar-refractivity contribution in [2.75, 3.05) is 4.43 Å². The van der Waals surface area contributed by atoms with E-state index in [1.165, 1.54) is 20.8 Å². The van der Waals surface area contributed by atoms with E-state index in [1.54, 1.807) is 0 Å². The summed E-state index contributed by atoms with van der Waals surface area (Å²) in [6, 6.07) is 0. The molecular formula is C26H38BrIO8. The van der Waals surface area contributed by atoms with Gasteiger partial charge in [-0.15, -0.1) is 0 Å². The number of hydrogen-bond acceptors (Lipinski definition) is 8. The average Bonchev–Trinajstić information content (AvgIpc) is 2.73. The van der Waals surface area contributed by atoms with Gasteiger partial charge in [0.25, 0.3) is 0 Å². The molecule has 8 unspecified atom stereocenters. The standard InChI is InChI=1S/C26H38BrIO8/c1-11-15(33-12(2)29)8-17(27)26(7)19(11)18-20-16(34-13(3)30)9-24(5,36-25(20,6)10-28)21(18)22(32)23(26)35-14(4)31/h11,15-23,32H,8-10H2,1-7H3/t11-,15-,16?,17?,18?,19?,20+,21?,22-,23?,24-,25?,26?/m1/s1. The van der Waals surface area contributed by atoms with E-state index < -0.39 is 34.8 Å². The van der Waals surface area contributed by atoms with Crippen molar-refractivity contribution in [3.05, 3.63) is 0 Å². The smallest absolute Gasteiger partial charge is 0.303 e. The fourth-order valence-electron chi connectivity index (χ4n) is 8.64. The first-order valence-electron chi connectivity index (χ1n) is 12.7. The van der Waals surface area contributed by atoms with Gasteiger partial charge in [-0.2, -0.15) is 0 Å². The number of fused-ring (bicyclic) bond motifs is 3. The summed E-state index contributed by atoms with van der Waals surface area (Å²) in [4.78, 5) is 36.3. The van der Waals surface area contributed by atoms with Crippen molar-refractivity contribution >= 4 is 56.4 Å². The molecule has 10 heteroatoms. The molecule has 2 aliphatic heterocycles. The maximum Gasteiger partial charge on any atom is 0.303 e. The number of aliphatic hydroxyl groups excluding tert-OH is 1. The lowest BCUT2D eigenvalue weighted by molar-refractivity contribution is -0.364. The molecule has 2 bridgehead atoms. The number of hydrogen-bond donors (Lipinski definition) is 1. The van der Waals surface area contributed by atoms with Crippen LogP contribution in [0.4, 0.5) is 0 Å². The number of alkyl halides is 2. The van der Waals surface area contributed by atoms with Gasteiger partial charge in [-0.05, 0) is 38.0 Å². The molecule has 5 aliphatic rings. The molecule has 0 aromatic rings. The second-order valence-electron chi connectivity index (χ2n) is 12.0. The lowest BCUT2D eigenvalue weighted by Crippen LogP contribution is -2.80. The quantitative estimate of drug-likeness (QED) is 0.206. The molecule has 13 atom stereocenters. The van der Waals surface area contributed by atoms with Gasteiger partial charge in [0.15, 0.2) is 0 Å². The van der Waals surface area contributed by atoms with E-state index in [0.717, 1.165) is 0 Å². The third-order valence-electron chi connectivity index (χ3n) is 9.60. The minimum atomic E-state index is -0.970. The number of esters is 3. The molecule has 0 amide bonds. The van der Waals surface area contributed by atoms with E-state index in [1.807, 2.05) is 6.92 Å². The number of rotatable bonds is 4. The zero-order valence-corrected chi connectivity index (χ0v) is 25.7. The molecule has 2 heterocycles. The number of carbonyl (C=O) groups excluding carboxylic acids is 3. The highest BCUT2D eigenvalue weighted by molar-refractivity contribution is 14.1. The predicted octanol–water partition coefficient (Wildman–Crippen LogP) is 3.82. The minimum absolute atomic E-state index is 0.0925. The van der Waals surface area contributed by atoms with Crippen molar-refractivity contribution < 1.29 is 38.4 Å². The fraction of sp³-hybridized carbons (Fsp3) is 0.885. The molecule has 204 valence electrons. The van der Waals surface area contributed by atoms with E-state index in [9.17, 15) is 19.5 Å². The Labute approximate surface area is 235 Å². The molecule has 3 aliphatic carbocycles. The topological polar surface area (TPSA) is 108 Å². The number of aliphatic hydroxyl groups is 1. The molecule has 36 heavy (non-hydrogen) atoms. The first-order valence-corrected chi connectivity index (χ1v) is 15.1. The summed E-state index contributed by atoms with van der Waals surface area (Å²) in [7, 11) is 0. The van der Waals surface area contributed by atoms with E-state index in [-0.39, 0.29) is 58.6 Å². The molecular weight excluding hydrogens is 647 g/mol. The molecule has 0 aromatic carbocycles. The van der Waals surface area contributed by atoms with Gasteiger partial charge in [0, 0.05) is 53.7 Å². The van der Waals surface area contributed by atoms with Crippen molar-refractivity contribution in [3.63, 3.8) is 0 Å². The van der Waals surface area contributed by atoms with Crippen LogP contribution in [0.1, 0.15) is 61.3 Å². The zero-order chi connectivity index (χ0) is 27.0. The fourth-order valence-corrected chi connectivity index (χ4v) is 10.2. The molecule has 0 aromatic heterocycles. The Balaban J connectivity index is 1.93. The second-order valence-corrected chi connectivity index (χ2v) is 13.8. The van der Waals surface area contributed by atoms with Gasteiger partial charge >= 0.3 is 17.9 Å². The summed E-state index contributed by atoms with van der Waals surface area (Å²) in [5.74, 6) is -2.01. The predicted molar refractivity (Wildman–Crippen MR) is 143 cm³/mol. The van der Waals surface area contributed by atoms with Gasteiger partial charge < -0.3 is 24.1 Å². The van der Waals surface area contributed by atoms with E-state index >= 15 is 0 Å². The third kappa shape index (κ3) is 4.24. The molecule has 5 rings (SSSR count). The molecule has 3 saturated carbocycles. The van der Waals surface area contributed by atoms with Crippen LogP contribution in [0.5, 0.6) is 0 Å². The summed E-state index contributed by atoms with van der Waals surface area (Å²) >= 11 is 6.20. The molecule has 8 nitrogen and oxygen atoms in total. The maximum absolute atomic E-state index is 12.3. The van der Waals surface area contributed by atoms with Crippen molar-refractivity contribution in [1.29, 1.82) is 0 Å².